The SMILES string of the molecule is CC[C@]1(c2ccccc2)C2=C(CC3(CCCCC3)CC2=O)Nc2ncsc21. The number of aromatic nitrogens is 1. The molecule has 0 bridgehead atoms. The fourth-order valence-corrected chi connectivity index (χ4v) is 6.86. The minimum absolute atomic E-state index is 0.171. The molecule has 5 rings (SSSR count). The number of nitrogens with one attached hydrogen (secondary N) is 1. The first-order valence-corrected chi connectivity index (χ1v) is 11.1. The van der Waals surface area contributed by atoms with Crippen molar-refractivity contribution >= 4 is 22.9 Å². The van der Waals surface area contributed by atoms with Crippen molar-refractivity contribution in [2.45, 2.75) is 63.7 Å². The lowest BCUT2D eigenvalue weighted by atomic mass is 9.58. The van der Waals surface area contributed by atoms with Crippen LogP contribution in [0.2, 0.25) is 0 Å². The molecule has 140 valence electrons. The van der Waals surface area contributed by atoms with Gasteiger partial charge in [0.2, 0.25) is 0 Å². The van der Waals surface area contributed by atoms with E-state index >= 15 is 0 Å². The molecule has 2 aliphatic carbocycles. The van der Waals surface area contributed by atoms with Gasteiger partial charge in [0.15, 0.2) is 5.78 Å². The topological polar surface area (TPSA) is 42.0 Å². The van der Waals surface area contributed by atoms with Gasteiger partial charge in [-0.3, -0.25) is 4.79 Å². The number of rotatable bonds is 2. The summed E-state index contributed by atoms with van der Waals surface area (Å²) in [5.41, 5.74) is 5.13. The van der Waals surface area contributed by atoms with Crippen molar-refractivity contribution in [2.75, 3.05) is 5.32 Å². The van der Waals surface area contributed by atoms with E-state index < -0.39 is 0 Å². The Morgan fingerprint density at radius 3 is 2.63 bits per heavy atom. The summed E-state index contributed by atoms with van der Waals surface area (Å²) in [6, 6.07) is 10.6. The zero-order valence-corrected chi connectivity index (χ0v) is 16.7. The van der Waals surface area contributed by atoms with E-state index in [9.17, 15) is 4.79 Å². The Kier molecular flexibility index (Phi) is 4.01. The normalized spacial score (nSPS) is 26.5. The molecule has 1 atom stereocenters. The van der Waals surface area contributed by atoms with Crippen LogP contribution < -0.4 is 5.32 Å². The van der Waals surface area contributed by atoms with Gasteiger partial charge in [0.05, 0.1) is 15.8 Å². The Morgan fingerprint density at radius 1 is 1.11 bits per heavy atom. The molecule has 1 spiro atoms. The quantitative estimate of drug-likeness (QED) is 0.714. The fourth-order valence-electron chi connectivity index (χ4n) is 5.81. The number of hydrogen-bond donors (Lipinski definition) is 1. The third-order valence-electron chi connectivity index (χ3n) is 7.03. The van der Waals surface area contributed by atoms with E-state index in [4.69, 9.17) is 0 Å². The summed E-state index contributed by atoms with van der Waals surface area (Å²) in [6.45, 7) is 2.21. The summed E-state index contributed by atoms with van der Waals surface area (Å²) < 4.78 is 0. The predicted octanol–water partition coefficient (Wildman–Crippen LogP) is 5.83. The van der Waals surface area contributed by atoms with Gasteiger partial charge in [-0.15, -0.1) is 11.3 Å². The van der Waals surface area contributed by atoms with Crippen molar-refractivity contribution in [2.24, 2.45) is 5.41 Å². The zero-order chi connectivity index (χ0) is 18.5. The van der Waals surface area contributed by atoms with E-state index in [-0.39, 0.29) is 10.8 Å². The molecule has 2 heterocycles. The van der Waals surface area contributed by atoms with Gasteiger partial charge < -0.3 is 5.32 Å². The number of hydrogen-bond acceptors (Lipinski definition) is 4. The highest BCUT2D eigenvalue weighted by molar-refractivity contribution is 7.10. The van der Waals surface area contributed by atoms with E-state index in [1.54, 1.807) is 11.3 Å². The van der Waals surface area contributed by atoms with Gasteiger partial charge in [0, 0.05) is 17.7 Å². The van der Waals surface area contributed by atoms with Crippen LogP contribution in [0, 0.1) is 5.41 Å². The highest BCUT2D eigenvalue weighted by Gasteiger charge is 2.52. The summed E-state index contributed by atoms with van der Waals surface area (Å²) in [5.74, 6) is 1.32. The smallest absolute Gasteiger partial charge is 0.162 e. The lowest BCUT2D eigenvalue weighted by molar-refractivity contribution is -0.119. The Bertz CT molecular complexity index is 907. The second-order valence-corrected chi connectivity index (χ2v) is 9.33. The summed E-state index contributed by atoms with van der Waals surface area (Å²) >= 11 is 1.68. The number of allylic oxidation sites excluding steroid dienone is 2. The minimum Gasteiger partial charge on any atom is -0.342 e. The van der Waals surface area contributed by atoms with Crippen LogP contribution in [0.4, 0.5) is 5.82 Å². The molecule has 4 heteroatoms. The van der Waals surface area contributed by atoms with Crippen LogP contribution in [0.5, 0.6) is 0 Å². The van der Waals surface area contributed by atoms with E-state index in [0.29, 0.717) is 5.78 Å². The summed E-state index contributed by atoms with van der Waals surface area (Å²) in [5, 5.41) is 3.60. The van der Waals surface area contributed by atoms with E-state index in [1.807, 2.05) is 5.51 Å². The molecular weight excluding hydrogens is 352 g/mol. The number of ketones is 1. The molecule has 1 N–H and O–H groups in total. The Balaban J connectivity index is 1.71. The van der Waals surface area contributed by atoms with Crippen molar-refractivity contribution in [3.8, 4) is 0 Å². The van der Waals surface area contributed by atoms with Crippen LogP contribution in [-0.4, -0.2) is 10.8 Å². The van der Waals surface area contributed by atoms with Crippen molar-refractivity contribution < 1.29 is 4.79 Å². The molecule has 0 amide bonds. The molecule has 1 aromatic heterocycles. The number of thiazole rings is 1. The molecule has 1 aromatic carbocycles. The zero-order valence-electron chi connectivity index (χ0n) is 15.9. The van der Waals surface area contributed by atoms with Gasteiger partial charge in [-0.05, 0) is 36.7 Å². The van der Waals surface area contributed by atoms with Crippen molar-refractivity contribution in [1.29, 1.82) is 0 Å². The molecule has 1 fully saturated rings. The fraction of sp³-hybridized carbons (Fsp3) is 0.478. The van der Waals surface area contributed by atoms with E-state index in [1.165, 1.54) is 42.5 Å². The van der Waals surface area contributed by atoms with Gasteiger partial charge in [-0.25, -0.2) is 4.98 Å². The van der Waals surface area contributed by atoms with Crippen LogP contribution in [0.25, 0.3) is 0 Å². The monoisotopic (exact) mass is 378 g/mol. The average Bonchev–Trinajstić information content (AvgIpc) is 3.16. The molecule has 1 aliphatic heterocycles. The van der Waals surface area contributed by atoms with Gasteiger partial charge in [-0.1, -0.05) is 56.5 Å². The highest BCUT2D eigenvalue weighted by Crippen LogP contribution is 2.57. The van der Waals surface area contributed by atoms with Crippen molar-refractivity contribution in [3.63, 3.8) is 0 Å². The van der Waals surface area contributed by atoms with Gasteiger partial charge >= 0.3 is 0 Å². The maximum atomic E-state index is 13.7. The summed E-state index contributed by atoms with van der Waals surface area (Å²) in [6.07, 6.45) is 8.80. The Hall–Kier alpha value is -1.94. The maximum absolute atomic E-state index is 13.7. The summed E-state index contributed by atoms with van der Waals surface area (Å²) in [7, 11) is 0. The molecule has 2 aromatic rings. The number of nitrogens with zero attached hydrogens (tertiary/aromatic N) is 1. The lowest BCUT2D eigenvalue weighted by Gasteiger charge is -2.47. The second kappa shape index (κ2) is 6.30. The molecule has 0 saturated heterocycles. The molecule has 3 aliphatic rings. The van der Waals surface area contributed by atoms with Gasteiger partial charge in [-0.2, -0.15) is 0 Å². The summed E-state index contributed by atoms with van der Waals surface area (Å²) in [4.78, 5) is 19.5. The number of carbonyl (C=O) groups excluding carboxylic acids is 1. The first-order valence-electron chi connectivity index (χ1n) is 10.2. The second-order valence-electron chi connectivity index (χ2n) is 8.47. The minimum atomic E-state index is -0.355. The Morgan fingerprint density at radius 2 is 1.89 bits per heavy atom. The first-order chi connectivity index (χ1) is 13.2. The van der Waals surface area contributed by atoms with Gasteiger partial charge in [0.1, 0.15) is 5.82 Å². The van der Waals surface area contributed by atoms with E-state index in [2.05, 4.69) is 47.6 Å². The number of benzene rings is 1. The van der Waals surface area contributed by atoms with Crippen LogP contribution in [0.3, 0.4) is 0 Å². The van der Waals surface area contributed by atoms with E-state index in [0.717, 1.165) is 36.4 Å². The standard InChI is InChI=1S/C23H26N2OS/c1-2-23(16-9-5-3-6-10-16)19-17(25-21-20(23)27-15-24-21)13-22(14-18(19)26)11-7-4-8-12-22/h3,5-6,9-10,15,25H,2,4,7-8,11-14H2,1H3/t23-/m0/s1. The van der Waals surface area contributed by atoms with Gasteiger partial charge in [0.25, 0.3) is 0 Å². The van der Waals surface area contributed by atoms with Crippen LogP contribution >= 0.6 is 11.3 Å². The average molecular weight is 379 g/mol. The van der Waals surface area contributed by atoms with Crippen LogP contribution in [0.1, 0.15) is 68.7 Å². The van der Waals surface area contributed by atoms with Crippen LogP contribution in [0.15, 0.2) is 47.1 Å². The third-order valence-corrected chi connectivity index (χ3v) is 8.02. The van der Waals surface area contributed by atoms with Crippen molar-refractivity contribution in [1.82, 2.24) is 4.98 Å². The third kappa shape index (κ3) is 2.46. The number of carbonyl (C=O) groups is 1. The molecular formula is C23H26N2OS. The highest BCUT2D eigenvalue weighted by atomic mass is 32.1. The lowest BCUT2D eigenvalue weighted by Crippen LogP contribution is -2.44. The largest absolute Gasteiger partial charge is 0.342 e. The first kappa shape index (κ1) is 17.2. The predicted molar refractivity (Wildman–Crippen MR) is 110 cm³/mol. The molecule has 3 nitrogen and oxygen atoms in total. The number of Topliss-reactive ketones (excluding diaryl/α,β-unsaturated/α-hetero) is 1. The number of anilines is 1. The van der Waals surface area contributed by atoms with Crippen molar-refractivity contribution in [3.05, 3.63) is 57.6 Å². The number of fused-ring (bicyclic) bond motifs is 1. The molecule has 1 saturated carbocycles. The van der Waals surface area contributed by atoms with Crippen LogP contribution in [-0.2, 0) is 10.2 Å². The molecule has 0 unspecified atom stereocenters. The molecule has 27 heavy (non-hydrogen) atoms. The molecule has 0 radical (unpaired) electrons. The Labute approximate surface area is 164 Å². The maximum Gasteiger partial charge on any atom is 0.162 e.